The largest absolute Gasteiger partial charge is 0.395 e. The van der Waals surface area contributed by atoms with Crippen molar-refractivity contribution in [2.45, 2.75) is 44.7 Å². The highest BCUT2D eigenvalue weighted by atomic mass is 16.5. The normalized spacial score (nSPS) is 27.1. The van der Waals surface area contributed by atoms with Gasteiger partial charge < -0.3 is 14.5 Å². The summed E-state index contributed by atoms with van der Waals surface area (Å²) in [5.41, 5.74) is 1.46. The van der Waals surface area contributed by atoms with Gasteiger partial charge in [-0.3, -0.25) is 9.69 Å². The van der Waals surface area contributed by atoms with Gasteiger partial charge in [0.05, 0.1) is 12.3 Å². The minimum Gasteiger partial charge on any atom is -0.395 e. The maximum atomic E-state index is 12.7. The van der Waals surface area contributed by atoms with Crippen LogP contribution in [-0.2, 0) is 0 Å². The molecule has 1 saturated carbocycles. The molecule has 0 unspecified atom stereocenters. The first-order chi connectivity index (χ1) is 10.1. The molecule has 1 aliphatic heterocycles. The zero-order valence-electron chi connectivity index (χ0n) is 12.7. The van der Waals surface area contributed by atoms with Gasteiger partial charge in [-0.25, -0.2) is 0 Å². The van der Waals surface area contributed by atoms with E-state index in [9.17, 15) is 4.79 Å². The van der Waals surface area contributed by atoms with Gasteiger partial charge in [-0.2, -0.15) is 0 Å². The number of aromatic nitrogens is 1. The van der Waals surface area contributed by atoms with Crippen LogP contribution in [0, 0.1) is 0 Å². The van der Waals surface area contributed by atoms with E-state index in [1.54, 1.807) is 0 Å². The fourth-order valence-corrected chi connectivity index (χ4v) is 3.31. The summed E-state index contributed by atoms with van der Waals surface area (Å²) in [5.74, 6) is 0.439. The van der Waals surface area contributed by atoms with Crippen molar-refractivity contribution in [3.8, 4) is 0 Å². The summed E-state index contributed by atoms with van der Waals surface area (Å²) < 4.78 is 5.03. The smallest absolute Gasteiger partial charge is 0.259 e. The van der Waals surface area contributed by atoms with E-state index in [-0.39, 0.29) is 24.6 Å². The molecule has 0 bridgehead atoms. The van der Waals surface area contributed by atoms with Crippen LogP contribution in [0.4, 0.5) is 0 Å². The number of rotatable bonds is 4. The molecule has 6 heteroatoms. The van der Waals surface area contributed by atoms with Crippen LogP contribution in [0.2, 0.25) is 0 Å². The van der Waals surface area contributed by atoms with Crippen molar-refractivity contribution in [3.63, 3.8) is 0 Å². The van der Waals surface area contributed by atoms with Crippen molar-refractivity contribution < 1.29 is 14.4 Å². The van der Waals surface area contributed by atoms with E-state index in [0.29, 0.717) is 31.1 Å². The molecular formula is C15H23N3O3. The molecule has 0 spiro atoms. The molecule has 1 saturated heterocycles. The molecule has 6 nitrogen and oxygen atoms in total. The van der Waals surface area contributed by atoms with Crippen molar-refractivity contribution in [3.05, 3.63) is 17.5 Å². The summed E-state index contributed by atoms with van der Waals surface area (Å²) in [7, 11) is 0. The number of hydrogen-bond donors (Lipinski definition) is 1. The van der Waals surface area contributed by atoms with Gasteiger partial charge in [-0.15, -0.1) is 0 Å². The fourth-order valence-electron chi connectivity index (χ4n) is 3.31. The quantitative estimate of drug-likeness (QED) is 0.899. The van der Waals surface area contributed by atoms with Crippen molar-refractivity contribution >= 4 is 5.91 Å². The van der Waals surface area contributed by atoms with E-state index in [0.717, 1.165) is 18.5 Å². The molecule has 2 fully saturated rings. The number of β-amino-alcohol motifs (C(OH)–C–C–N with tert-alkyl or cyclic N) is 1. The summed E-state index contributed by atoms with van der Waals surface area (Å²) in [4.78, 5) is 16.9. The lowest BCUT2D eigenvalue weighted by Gasteiger charge is -2.44. The Labute approximate surface area is 124 Å². The maximum absolute atomic E-state index is 12.7. The zero-order valence-corrected chi connectivity index (χ0v) is 12.7. The van der Waals surface area contributed by atoms with Crippen LogP contribution in [-0.4, -0.2) is 64.3 Å². The van der Waals surface area contributed by atoms with Gasteiger partial charge in [0.15, 0.2) is 0 Å². The van der Waals surface area contributed by atoms with E-state index >= 15 is 0 Å². The van der Waals surface area contributed by atoms with Gasteiger partial charge in [0, 0.05) is 37.6 Å². The van der Waals surface area contributed by atoms with E-state index < -0.39 is 0 Å². The number of nitrogens with zero attached hydrogens (tertiary/aromatic N) is 3. The number of carbonyl (C=O) groups excluding carboxylic acids is 1. The molecule has 3 rings (SSSR count). The molecule has 1 aliphatic carbocycles. The summed E-state index contributed by atoms with van der Waals surface area (Å²) >= 11 is 0. The van der Waals surface area contributed by atoms with E-state index in [2.05, 4.69) is 23.9 Å². The third-order valence-corrected chi connectivity index (χ3v) is 4.54. The second-order valence-corrected chi connectivity index (χ2v) is 6.26. The number of amides is 1. The fraction of sp³-hybridized carbons (Fsp3) is 0.733. The predicted molar refractivity (Wildman–Crippen MR) is 77.1 cm³/mol. The average Bonchev–Trinajstić information content (AvgIpc) is 3.19. The molecule has 1 aromatic heterocycles. The Morgan fingerprint density at radius 2 is 2.05 bits per heavy atom. The number of aliphatic hydroxyl groups is 1. The zero-order chi connectivity index (χ0) is 15.0. The summed E-state index contributed by atoms with van der Waals surface area (Å²) in [5, 5.41) is 13.2. The monoisotopic (exact) mass is 293 g/mol. The topological polar surface area (TPSA) is 69.8 Å². The Morgan fingerprint density at radius 1 is 1.38 bits per heavy atom. The number of hydrogen-bond acceptors (Lipinski definition) is 5. The Bertz CT molecular complexity index is 500. The Morgan fingerprint density at radius 3 is 2.62 bits per heavy atom. The van der Waals surface area contributed by atoms with Crippen LogP contribution in [0.5, 0.6) is 0 Å². The van der Waals surface area contributed by atoms with Gasteiger partial charge in [0.2, 0.25) is 0 Å². The lowest BCUT2D eigenvalue weighted by atomic mass is 10.1. The molecule has 1 amide bonds. The number of piperazine rings is 1. The molecule has 116 valence electrons. The van der Waals surface area contributed by atoms with Crippen LogP contribution in [0.1, 0.15) is 48.7 Å². The van der Waals surface area contributed by atoms with Crippen molar-refractivity contribution in [1.29, 1.82) is 0 Å². The SMILES string of the molecule is C[C@@H]1CN(C(=O)c2conc2C2CC2)C[C@H](C)N1CCO. The average molecular weight is 293 g/mol. The first-order valence-corrected chi connectivity index (χ1v) is 7.72. The maximum Gasteiger partial charge on any atom is 0.259 e. The van der Waals surface area contributed by atoms with Crippen molar-refractivity contribution in [2.75, 3.05) is 26.2 Å². The van der Waals surface area contributed by atoms with E-state index in [1.807, 2.05) is 4.90 Å². The predicted octanol–water partition coefficient (Wildman–Crippen LogP) is 1.08. The Balaban J connectivity index is 1.72. The minimum atomic E-state index is 0.0282. The highest BCUT2D eigenvalue weighted by Crippen LogP contribution is 2.41. The van der Waals surface area contributed by atoms with Gasteiger partial charge >= 0.3 is 0 Å². The van der Waals surface area contributed by atoms with Crippen LogP contribution < -0.4 is 0 Å². The molecular weight excluding hydrogens is 270 g/mol. The molecule has 2 heterocycles. The lowest BCUT2D eigenvalue weighted by Crippen LogP contribution is -2.58. The van der Waals surface area contributed by atoms with Gasteiger partial charge in [-0.05, 0) is 26.7 Å². The van der Waals surface area contributed by atoms with Gasteiger partial charge in [-0.1, -0.05) is 5.16 Å². The molecule has 21 heavy (non-hydrogen) atoms. The van der Waals surface area contributed by atoms with Crippen LogP contribution in [0.15, 0.2) is 10.8 Å². The standard InChI is InChI=1S/C15H23N3O3/c1-10-7-17(8-11(2)18(10)5-6-19)15(20)13-9-21-16-14(13)12-3-4-12/h9-12,19H,3-8H2,1-2H3/t10-,11+. The highest BCUT2D eigenvalue weighted by Gasteiger charge is 2.36. The Kier molecular flexibility index (Phi) is 3.99. The molecule has 0 radical (unpaired) electrons. The third kappa shape index (κ3) is 2.82. The van der Waals surface area contributed by atoms with Crippen LogP contribution >= 0.6 is 0 Å². The molecule has 1 N–H and O–H groups in total. The van der Waals surface area contributed by atoms with Crippen LogP contribution in [0.25, 0.3) is 0 Å². The van der Waals surface area contributed by atoms with Crippen LogP contribution in [0.3, 0.4) is 0 Å². The second kappa shape index (κ2) is 5.77. The van der Waals surface area contributed by atoms with Gasteiger partial charge in [0.25, 0.3) is 5.91 Å². The van der Waals surface area contributed by atoms with Crippen molar-refractivity contribution in [2.24, 2.45) is 0 Å². The first-order valence-electron chi connectivity index (χ1n) is 7.72. The molecule has 1 aromatic rings. The number of aliphatic hydroxyl groups excluding tert-OH is 1. The van der Waals surface area contributed by atoms with Crippen molar-refractivity contribution in [1.82, 2.24) is 15.0 Å². The first kappa shape index (κ1) is 14.5. The summed E-state index contributed by atoms with van der Waals surface area (Å²) in [6, 6.07) is 0.489. The van der Waals surface area contributed by atoms with E-state index in [1.165, 1.54) is 6.26 Å². The summed E-state index contributed by atoms with van der Waals surface area (Å²) in [6.07, 6.45) is 3.69. The Hall–Kier alpha value is -1.40. The summed E-state index contributed by atoms with van der Waals surface area (Å²) in [6.45, 7) is 6.37. The second-order valence-electron chi connectivity index (χ2n) is 6.26. The highest BCUT2D eigenvalue weighted by molar-refractivity contribution is 5.95. The van der Waals surface area contributed by atoms with E-state index in [4.69, 9.17) is 9.63 Å². The minimum absolute atomic E-state index is 0.0282. The van der Waals surface area contributed by atoms with Gasteiger partial charge in [0.1, 0.15) is 11.8 Å². The number of carbonyl (C=O) groups is 1. The molecule has 2 aliphatic rings. The lowest BCUT2D eigenvalue weighted by molar-refractivity contribution is 0.0235. The molecule has 0 aromatic carbocycles. The molecule has 2 atom stereocenters. The third-order valence-electron chi connectivity index (χ3n) is 4.54.